The van der Waals surface area contributed by atoms with Gasteiger partial charge in [-0.05, 0) is 6.92 Å². The van der Waals surface area contributed by atoms with Crippen LogP contribution in [0.2, 0.25) is 0 Å². The van der Waals surface area contributed by atoms with Crippen molar-refractivity contribution < 1.29 is 4.42 Å². The maximum atomic E-state index is 5.51. The Morgan fingerprint density at radius 3 is 3.18 bits per heavy atom. The lowest BCUT2D eigenvalue weighted by molar-refractivity contribution is 0.422. The zero-order valence-electron chi connectivity index (χ0n) is 6.85. The minimum Gasteiger partial charge on any atom is -0.444 e. The number of rotatable bonds is 1. The van der Waals surface area contributed by atoms with E-state index in [1.807, 2.05) is 0 Å². The Balaban J connectivity index is 2.38. The van der Waals surface area contributed by atoms with Crippen LogP contribution in [0.3, 0.4) is 0 Å². The average Bonchev–Trinajstić information content (AvgIpc) is 2.53. The van der Waals surface area contributed by atoms with Gasteiger partial charge in [-0.2, -0.15) is 0 Å². The van der Waals surface area contributed by atoms with Crippen LogP contribution >= 0.6 is 0 Å². The van der Waals surface area contributed by atoms with Gasteiger partial charge in [-0.25, -0.2) is 4.98 Å². The van der Waals surface area contributed by atoms with Crippen LogP contribution in [0, 0.1) is 0 Å². The van der Waals surface area contributed by atoms with Gasteiger partial charge in [0, 0.05) is 13.0 Å². The zero-order valence-corrected chi connectivity index (χ0v) is 6.85. The van der Waals surface area contributed by atoms with E-state index in [0.717, 1.165) is 30.3 Å². The Labute approximate surface area is 65.8 Å². The van der Waals surface area contributed by atoms with E-state index in [-0.39, 0.29) is 0 Å². The summed E-state index contributed by atoms with van der Waals surface area (Å²) in [6, 6.07) is 0.345. The smallest absolute Gasteiger partial charge is 0.194 e. The van der Waals surface area contributed by atoms with E-state index < -0.39 is 0 Å². The van der Waals surface area contributed by atoms with Crippen LogP contribution < -0.4 is 5.32 Å². The van der Waals surface area contributed by atoms with Crippen molar-refractivity contribution >= 4 is 0 Å². The van der Waals surface area contributed by atoms with Crippen LogP contribution in [-0.4, -0.2) is 4.98 Å². The van der Waals surface area contributed by atoms with Gasteiger partial charge in [0.2, 0.25) is 0 Å². The van der Waals surface area contributed by atoms with Crippen LogP contribution in [0.15, 0.2) is 4.42 Å². The third-order valence-corrected chi connectivity index (χ3v) is 2.04. The molecule has 0 amide bonds. The van der Waals surface area contributed by atoms with Crippen molar-refractivity contribution in [1.82, 2.24) is 10.3 Å². The van der Waals surface area contributed by atoms with Crippen LogP contribution in [0.25, 0.3) is 0 Å². The van der Waals surface area contributed by atoms with Gasteiger partial charge < -0.3 is 9.73 Å². The highest BCUT2D eigenvalue weighted by Gasteiger charge is 2.23. The van der Waals surface area contributed by atoms with Gasteiger partial charge in [-0.15, -0.1) is 0 Å². The number of hydrogen-bond donors (Lipinski definition) is 1. The standard InChI is InChI=1S/C8H12N2O/c1-3-7-10-6-4-9-5(2)8(6)11-7/h5,9H,3-4H2,1-2H3. The molecule has 0 fully saturated rings. The Morgan fingerprint density at radius 2 is 2.55 bits per heavy atom. The highest BCUT2D eigenvalue weighted by molar-refractivity contribution is 5.18. The summed E-state index contributed by atoms with van der Waals surface area (Å²) in [6.45, 7) is 5.01. The summed E-state index contributed by atoms with van der Waals surface area (Å²) in [5.41, 5.74) is 1.09. The lowest BCUT2D eigenvalue weighted by Gasteiger charge is -1.99. The summed E-state index contributed by atoms with van der Waals surface area (Å²) >= 11 is 0. The molecule has 0 saturated carbocycles. The maximum Gasteiger partial charge on any atom is 0.194 e. The molecule has 1 aromatic heterocycles. The molecule has 60 valence electrons. The van der Waals surface area contributed by atoms with Gasteiger partial charge in [0.05, 0.1) is 11.7 Å². The Kier molecular flexibility index (Phi) is 1.46. The summed E-state index contributed by atoms with van der Waals surface area (Å²) < 4.78 is 5.51. The van der Waals surface area contributed by atoms with Crippen molar-refractivity contribution in [3.05, 3.63) is 17.3 Å². The number of aromatic nitrogens is 1. The molecule has 1 N–H and O–H groups in total. The number of fused-ring (bicyclic) bond motifs is 1. The first-order valence-electron chi connectivity index (χ1n) is 4.03. The normalized spacial score (nSPS) is 22.2. The van der Waals surface area contributed by atoms with E-state index in [1.165, 1.54) is 0 Å². The molecule has 3 heteroatoms. The van der Waals surface area contributed by atoms with Crippen molar-refractivity contribution in [2.45, 2.75) is 32.9 Å². The van der Waals surface area contributed by atoms with Crippen LogP contribution in [0.5, 0.6) is 0 Å². The summed E-state index contributed by atoms with van der Waals surface area (Å²) in [7, 11) is 0. The minimum absolute atomic E-state index is 0.345. The summed E-state index contributed by atoms with van der Waals surface area (Å²) in [5, 5.41) is 3.26. The molecule has 0 saturated heterocycles. The molecule has 0 aliphatic carbocycles. The molecule has 2 rings (SSSR count). The quantitative estimate of drug-likeness (QED) is 0.661. The molecular weight excluding hydrogens is 140 g/mol. The second-order valence-electron chi connectivity index (χ2n) is 2.87. The summed E-state index contributed by atoms with van der Waals surface area (Å²) in [5.74, 6) is 1.89. The second-order valence-corrected chi connectivity index (χ2v) is 2.87. The van der Waals surface area contributed by atoms with Crippen molar-refractivity contribution in [1.29, 1.82) is 0 Å². The van der Waals surface area contributed by atoms with E-state index in [1.54, 1.807) is 0 Å². The molecule has 1 aliphatic heterocycles. The predicted octanol–water partition coefficient (Wildman–Crippen LogP) is 1.40. The third kappa shape index (κ3) is 0.959. The van der Waals surface area contributed by atoms with Crippen LogP contribution in [0.1, 0.15) is 37.2 Å². The van der Waals surface area contributed by atoms with Crippen molar-refractivity contribution in [3.63, 3.8) is 0 Å². The molecule has 11 heavy (non-hydrogen) atoms. The van der Waals surface area contributed by atoms with Gasteiger partial charge in [0.1, 0.15) is 5.76 Å². The van der Waals surface area contributed by atoms with E-state index in [9.17, 15) is 0 Å². The van der Waals surface area contributed by atoms with Gasteiger partial charge >= 0.3 is 0 Å². The van der Waals surface area contributed by atoms with Crippen molar-refractivity contribution in [3.8, 4) is 0 Å². The molecule has 0 bridgehead atoms. The van der Waals surface area contributed by atoms with Crippen LogP contribution in [0.4, 0.5) is 0 Å². The molecule has 1 aliphatic rings. The largest absolute Gasteiger partial charge is 0.444 e. The number of nitrogens with zero attached hydrogens (tertiary/aromatic N) is 1. The van der Waals surface area contributed by atoms with Crippen LogP contribution in [-0.2, 0) is 13.0 Å². The van der Waals surface area contributed by atoms with E-state index in [4.69, 9.17) is 4.42 Å². The summed E-state index contributed by atoms with van der Waals surface area (Å²) in [4.78, 5) is 4.33. The van der Waals surface area contributed by atoms with Gasteiger partial charge in [-0.3, -0.25) is 0 Å². The first-order valence-corrected chi connectivity index (χ1v) is 4.03. The molecule has 3 nitrogen and oxygen atoms in total. The fourth-order valence-electron chi connectivity index (χ4n) is 1.37. The Bertz CT molecular complexity index is 267. The molecule has 0 spiro atoms. The lowest BCUT2D eigenvalue weighted by Crippen LogP contribution is -2.08. The topological polar surface area (TPSA) is 38.1 Å². The zero-order chi connectivity index (χ0) is 7.84. The lowest BCUT2D eigenvalue weighted by atomic mass is 10.3. The van der Waals surface area contributed by atoms with Crippen molar-refractivity contribution in [2.24, 2.45) is 0 Å². The molecule has 1 unspecified atom stereocenters. The fraction of sp³-hybridized carbons (Fsp3) is 0.625. The SMILES string of the molecule is CCc1nc2c(o1)C(C)NC2. The van der Waals surface area contributed by atoms with E-state index >= 15 is 0 Å². The summed E-state index contributed by atoms with van der Waals surface area (Å²) in [6.07, 6.45) is 0.889. The Hall–Kier alpha value is -0.830. The number of oxazole rings is 1. The first kappa shape index (κ1) is 6.85. The molecule has 2 heterocycles. The third-order valence-electron chi connectivity index (χ3n) is 2.04. The number of aryl methyl sites for hydroxylation is 1. The number of nitrogens with one attached hydrogen (secondary N) is 1. The van der Waals surface area contributed by atoms with Gasteiger partial charge in [0.15, 0.2) is 5.89 Å². The van der Waals surface area contributed by atoms with E-state index in [0.29, 0.717) is 6.04 Å². The minimum atomic E-state index is 0.345. The maximum absolute atomic E-state index is 5.51. The molecule has 0 radical (unpaired) electrons. The van der Waals surface area contributed by atoms with Gasteiger partial charge in [0.25, 0.3) is 0 Å². The predicted molar refractivity (Wildman–Crippen MR) is 41.1 cm³/mol. The molecular formula is C8H12N2O. The fourth-order valence-corrected chi connectivity index (χ4v) is 1.37. The van der Waals surface area contributed by atoms with Gasteiger partial charge in [-0.1, -0.05) is 6.92 Å². The molecule has 1 aromatic rings. The number of hydrogen-bond acceptors (Lipinski definition) is 3. The highest BCUT2D eigenvalue weighted by atomic mass is 16.4. The Morgan fingerprint density at radius 1 is 1.73 bits per heavy atom. The first-order chi connectivity index (χ1) is 5.31. The average molecular weight is 152 g/mol. The molecule has 0 aromatic carbocycles. The molecule has 1 atom stereocenters. The highest BCUT2D eigenvalue weighted by Crippen LogP contribution is 2.25. The monoisotopic (exact) mass is 152 g/mol. The second kappa shape index (κ2) is 2.34. The van der Waals surface area contributed by atoms with Crippen molar-refractivity contribution in [2.75, 3.05) is 0 Å². The van der Waals surface area contributed by atoms with E-state index in [2.05, 4.69) is 24.1 Å².